The summed E-state index contributed by atoms with van der Waals surface area (Å²) in [7, 11) is 3.85. The molecule has 8 heteroatoms. The van der Waals surface area contributed by atoms with E-state index in [1.807, 2.05) is 25.1 Å². The van der Waals surface area contributed by atoms with Crippen molar-refractivity contribution < 1.29 is 9.32 Å². The van der Waals surface area contributed by atoms with Gasteiger partial charge in [-0.25, -0.2) is 9.97 Å². The number of nitrogens with zero attached hydrogens (tertiary/aromatic N) is 6. The molecule has 0 atom stereocenters. The van der Waals surface area contributed by atoms with Crippen LogP contribution in [0.25, 0.3) is 0 Å². The molecule has 3 rings (SSSR count). The number of hydrogen-bond acceptors (Lipinski definition) is 7. The third kappa shape index (κ3) is 3.30. The van der Waals surface area contributed by atoms with Crippen molar-refractivity contribution in [3.8, 4) is 0 Å². The molecule has 0 aliphatic carbocycles. The Kier molecular flexibility index (Phi) is 4.22. The molecular weight excluding hydrogens is 296 g/mol. The van der Waals surface area contributed by atoms with E-state index in [0.717, 1.165) is 18.5 Å². The van der Waals surface area contributed by atoms with Gasteiger partial charge in [0, 0.05) is 51.9 Å². The molecule has 3 heterocycles. The number of piperidine rings is 1. The molecule has 0 unspecified atom stereocenters. The first kappa shape index (κ1) is 15.4. The zero-order valence-corrected chi connectivity index (χ0v) is 13.6. The van der Waals surface area contributed by atoms with E-state index in [1.54, 1.807) is 18.0 Å². The number of aryl methyl sites for hydroxylation is 1. The van der Waals surface area contributed by atoms with E-state index in [0.29, 0.717) is 30.8 Å². The molecular formula is C15H20N6O2. The number of likely N-dealkylation sites (tertiary alicyclic amines) is 1. The topological polar surface area (TPSA) is 88.3 Å². The summed E-state index contributed by atoms with van der Waals surface area (Å²) in [5, 5.41) is 3.70. The lowest BCUT2D eigenvalue weighted by Gasteiger charge is -2.31. The highest BCUT2D eigenvalue weighted by Gasteiger charge is 2.27. The van der Waals surface area contributed by atoms with Gasteiger partial charge in [-0.1, -0.05) is 5.16 Å². The molecule has 0 radical (unpaired) electrons. The predicted molar refractivity (Wildman–Crippen MR) is 83.3 cm³/mol. The highest BCUT2D eigenvalue weighted by Crippen LogP contribution is 2.27. The van der Waals surface area contributed by atoms with E-state index in [2.05, 4.69) is 20.1 Å². The molecule has 0 bridgehead atoms. The summed E-state index contributed by atoms with van der Waals surface area (Å²) in [5.41, 5.74) is 1.03. The first-order valence-corrected chi connectivity index (χ1v) is 7.64. The van der Waals surface area contributed by atoms with Crippen molar-refractivity contribution in [3.05, 3.63) is 29.7 Å². The zero-order chi connectivity index (χ0) is 16.4. The maximum atomic E-state index is 12.3. The van der Waals surface area contributed by atoms with Crippen molar-refractivity contribution >= 4 is 11.9 Å². The Morgan fingerprint density at radius 1 is 1.30 bits per heavy atom. The first-order valence-electron chi connectivity index (χ1n) is 7.64. The van der Waals surface area contributed by atoms with Gasteiger partial charge in [0.2, 0.25) is 11.8 Å². The highest BCUT2D eigenvalue weighted by molar-refractivity contribution is 5.90. The fourth-order valence-corrected chi connectivity index (χ4v) is 2.71. The van der Waals surface area contributed by atoms with E-state index in [1.165, 1.54) is 0 Å². The third-order valence-electron chi connectivity index (χ3n) is 3.98. The number of carbonyl (C=O) groups is 1. The second kappa shape index (κ2) is 6.31. The van der Waals surface area contributed by atoms with Crippen LogP contribution < -0.4 is 4.90 Å². The van der Waals surface area contributed by atoms with Gasteiger partial charge in [0.15, 0.2) is 0 Å². The van der Waals surface area contributed by atoms with Gasteiger partial charge in [0.1, 0.15) is 0 Å². The second-order valence-electron chi connectivity index (χ2n) is 5.88. The van der Waals surface area contributed by atoms with Gasteiger partial charge >= 0.3 is 0 Å². The van der Waals surface area contributed by atoms with Gasteiger partial charge in [-0.15, -0.1) is 0 Å². The molecule has 8 nitrogen and oxygen atoms in total. The molecule has 2 aromatic rings. The van der Waals surface area contributed by atoms with Crippen LogP contribution in [0.15, 0.2) is 16.8 Å². The SMILES string of the molecule is Cc1nc(C(=O)N2CCC(c3ccnc(N(C)C)n3)CC2)no1. The number of carbonyl (C=O) groups excluding carboxylic acids is 1. The quantitative estimate of drug-likeness (QED) is 0.842. The standard InChI is InChI=1S/C15H20N6O2/c1-10-17-13(19-23-10)14(22)21-8-5-11(6-9-21)12-4-7-16-15(18-12)20(2)3/h4,7,11H,5-6,8-9H2,1-3H3. The van der Waals surface area contributed by atoms with Gasteiger partial charge in [-0.05, 0) is 18.9 Å². The third-order valence-corrected chi connectivity index (χ3v) is 3.98. The average molecular weight is 316 g/mol. The normalized spacial score (nSPS) is 15.7. The van der Waals surface area contributed by atoms with E-state index in [9.17, 15) is 4.79 Å². The lowest BCUT2D eigenvalue weighted by atomic mass is 9.93. The molecule has 1 aliphatic heterocycles. The Morgan fingerprint density at radius 3 is 2.65 bits per heavy atom. The maximum Gasteiger partial charge on any atom is 0.295 e. The fraction of sp³-hybridized carbons (Fsp3) is 0.533. The monoisotopic (exact) mass is 316 g/mol. The molecule has 1 amide bonds. The number of rotatable bonds is 3. The average Bonchev–Trinajstić information content (AvgIpc) is 3.01. The minimum atomic E-state index is -0.169. The molecule has 0 saturated carbocycles. The van der Waals surface area contributed by atoms with E-state index in [-0.39, 0.29) is 11.7 Å². The minimum Gasteiger partial charge on any atom is -0.347 e. The van der Waals surface area contributed by atoms with Crippen molar-refractivity contribution in [1.82, 2.24) is 25.0 Å². The van der Waals surface area contributed by atoms with Crippen LogP contribution in [0.3, 0.4) is 0 Å². The lowest BCUT2D eigenvalue weighted by molar-refractivity contribution is 0.0696. The second-order valence-corrected chi connectivity index (χ2v) is 5.88. The molecule has 1 saturated heterocycles. The Balaban J connectivity index is 1.64. The number of amides is 1. The predicted octanol–water partition coefficient (Wildman–Crippen LogP) is 1.25. The van der Waals surface area contributed by atoms with Crippen molar-refractivity contribution in [3.63, 3.8) is 0 Å². The Hall–Kier alpha value is -2.51. The molecule has 0 spiro atoms. The van der Waals surface area contributed by atoms with Crippen molar-refractivity contribution in [2.75, 3.05) is 32.1 Å². The van der Waals surface area contributed by atoms with Gasteiger partial charge in [-0.2, -0.15) is 4.98 Å². The smallest absolute Gasteiger partial charge is 0.295 e. The Bertz CT molecular complexity index is 691. The van der Waals surface area contributed by atoms with Crippen LogP contribution in [-0.4, -0.2) is 58.1 Å². The van der Waals surface area contributed by atoms with Crippen LogP contribution >= 0.6 is 0 Å². The van der Waals surface area contributed by atoms with E-state index < -0.39 is 0 Å². The molecule has 122 valence electrons. The van der Waals surface area contributed by atoms with Gasteiger partial charge in [0.25, 0.3) is 11.7 Å². The fourth-order valence-electron chi connectivity index (χ4n) is 2.71. The van der Waals surface area contributed by atoms with Crippen LogP contribution in [0, 0.1) is 6.92 Å². The number of aromatic nitrogens is 4. The highest BCUT2D eigenvalue weighted by atomic mass is 16.5. The van der Waals surface area contributed by atoms with Crippen molar-refractivity contribution in [1.29, 1.82) is 0 Å². The van der Waals surface area contributed by atoms with E-state index in [4.69, 9.17) is 4.52 Å². The summed E-state index contributed by atoms with van der Waals surface area (Å²) >= 11 is 0. The van der Waals surface area contributed by atoms with Crippen LogP contribution in [0.1, 0.15) is 41.0 Å². The molecule has 1 aliphatic rings. The summed E-state index contributed by atoms with van der Waals surface area (Å²) in [6.07, 6.45) is 3.52. The first-order chi connectivity index (χ1) is 11.0. The largest absolute Gasteiger partial charge is 0.347 e. The van der Waals surface area contributed by atoms with Crippen LogP contribution in [0.5, 0.6) is 0 Å². The molecule has 0 N–H and O–H groups in total. The molecule has 23 heavy (non-hydrogen) atoms. The summed E-state index contributed by atoms with van der Waals surface area (Å²) in [6, 6.07) is 1.96. The molecule has 0 aromatic carbocycles. The zero-order valence-electron chi connectivity index (χ0n) is 13.6. The Morgan fingerprint density at radius 2 is 2.04 bits per heavy atom. The van der Waals surface area contributed by atoms with Gasteiger partial charge in [0.05, 0.1) is 0 Å². The van der Waals surface area contributed by atoms with Gasteiger partial charge < -0.3 is 14.3 Å². The number of hydrogen-bond donors (Lipinski definition) is 0. The Labute approximate surface area is 134 Å². The maximum absolute atomic E-state index is 12.3. The van der Waals surface area contributed by atoms with Crippen LogP contribution in [0.2, 0.25) is 0 Å². The van der Waals surface area contributed by atoms with E-state index >= 15 is 0 Å². The summed E-state index contributed by atoms with van der Waals surface area (Å²) in [5.74, 6) is 1.42. The molecule has 1 fully saturated rings. The minimum absolute atomic E-state index is 0.137. The number of anilines is 1. The van der Waals surface area contributed by atoms with Crippen molar-refractivity contribution in [2.24, 2.45) is 0 Å². The van der Waals surface area contributed by atoms with Crippen molar-refractivity contribution in [2.45, 2.75) is 25.7 Å². The summed E-state index contributed by atoms with van der Waals surface area (Å²) < 4.78 is 4.87. The summed E-state index contributed by atoms with van der Waals surface area (Å²) in [6.45, 7) is 3.00. The summed E-state index contributed by atoms with van der Waals surface area (Å²) in [4.78, 5) is 28.8. The lowest BCUT2D eigenvalue weighted by Crippen LogP contribution is -2.38. The molecule has 2 aromatic heterocycles. The van der Waals surface area contributed by atoms with Crippen LogP contribution in [-0.2, 0) is 0 Å². The van der Waals surface area contributed by atoms with Gasteiger partial charge in [-0.3, -0.25) is 4.79 Å². The van der Waals surface area contributed by atoms with Crippen LogP contribution in [0.4, 0.5) is 5.95 Å².